The van der Waals surface area contributed by atoms with Crippen LogP contribution in [0.1, 0.15) is 13.8 Å². The molecular formula is C10H15N. The first kappa shape index (κ1) is 10.0. The Hall–Kier alpha value is -0.960. The molecule has 0 amide bonds. The van der Waals surface area contributed by atoms with Crippen molar-refractivity contribution in [3.05, 3.63) is 18.4 Å². The van der Waals surface area contributed by atoms with E-state index in [2.05, 4.69) is 37.0 Å². The number of likely N-dealkylation sites (N-methyl/N-ethyl adjacent to an activating group) is 1. The Bertz CT molecular complexity index is 178. The van der Waals surface area contributed by atoms with Gasteiger partial charge in [-0.25, -0.2) is 0 Å². The van der Waals surface area contributed by atoms with Gasteiger partial charge in [0.2, 0.25) is 0 Å². The van der Waals surface area contributed by atoms with Gasteiger partial charge in [-0.3, -0.25) is 4.90 Å². The zero-order valence-corrected chi connectivity index (χ0v) is 7.30. The third kappa shape index (κ3) is 3.09. The molecule has 1 atom stereocenters. The molecule has 0 N–H and O–H groups in total. The summed E-state index contributed by atoms with van der Waals surface area (Å²) in [6, 6.07) is 0.0579. The minimum absolute atomic E-state index is 0.0579. The average molecular weight is 149 g/mol. The summed E-state index contributed by atoms with van der Waals surface area (Å²) in [5, 5.41) is 0. The van der Waals surface area contributed by atoms with E-state index in [0.29, 0.717) is 0 Å². The summed E-state index contributed by atoms with van der Waals surface area (Å²) in [5.74, 6) is 2.67. The largest absolute Gasteiger partial charge is 0.287 e. The number of hydrogen-bond donors (Lipinski definition) is 0. The van der Waals surface area contributed by atoms with Crippen LogP contribution in [0.25, 0.3) is 0 Å². The molecule has 0 radical (unpaired) electrons. The van der Waals surface area contributed by atoms with Gasteiger partial charge in [-0.1, -0.05) is 26.3 Å². The highest BCUT2D eigenvalue weighted by Gasteiger charge is 2.07. The Kier molecular flexibility index (Phi) is 5.29. The van der Waals surface area contributed by atoms with E-state index in [9.17, 15) is 0 Å². The molecule has 0 aromatic rings. The Labute approximate surface area is 69.4 Å². The van der Waals surface area contributed by atoms with Crippen molar-refractivity contribution >= 4 is 0 Å². The molecule has 0 fully saturated rings. The third-order valence-corrected chi connectivity index (χ3v) is 1.65. The van der Waals surface area contributed by atoms with Crippen LogP contribution in [0.4, 0.5) is 0 Å². The zero-order chi connectivity index (χ0) is 8.69. The van der Waals surface area contributed by atoms with Gasteiger partial charge in [-0.2, -0.15) is 0 Å². The molecule has 0 bridgehead atoms. The molecule has 0 saturated heterocycles. The SMILES string of the molecule is C#CC(C=C=C)N(CC)CC. The molecule has 0 aromatic heterocycles. The quantitative estimate of drug-likeness (QED) is 0.434. The van der Waals surface area contributed by atoms with Crippen LogP contribution in [0, 0.1) is 12.3 Å². The standard InChI is InChI=1S/C10H15N/c1-5-9-10(6-2)11(7-3)8-4/h2,9-10H,1,7-8H2,3-4H3. The predicted octanol–water partition coefficient (Wildman–Crippen LogP) is 1.67. The first-order valence-corrected chi connectivity index (χ1v) is 3.86. The van der Waals surface area contributed by atoms with Gasteiger partial charge in [0.25, 0.3) is 0 Å². The second-order valence-corrected chi connectivity index (χ2v) is 2.20. The van der Waals surface area contributed by atoms with Crippen molar-refractivity contribution < 1.29 is 0 Å². The monoisotopic (exact) mass is 149 g/mol. The van der Waals surface area contributed by atoms with Gasteiger partial charge in [-0.15, -0.1) is 12.2 Å². The van der Waals surface area contributed by atoms with E-state index >= 15 is 0 Å². The molecule has 11 heavy (non-hydrogen) atoms. The second kappa shape index (κ2) is 5.80. The van der Waals surface area contributed by atoms with Gasteiger partial charge in [-0.05, 0) is 19.2 Å². The highest BCUT2D eigenvalue weighted by molar-refractivity contribution is 5.10. The predicted molar refractivity (Wildman–Crippen MR) is 49.3 cm³/mol. The van der Waals surface area contributed by atoms with E-state index in [1.807, 2.05) is 6.08 Å². The van der Waals surface area contributed by atoms with E-state index in [-0.39, 0.29) is 6.04 Å². The maximum Gasteiger partial charge on any atom is 0.0972 e. The topological polar surface area (TPSA) is 3.24 Å². The minimum atomic E-state index is 0.0579. The van der Waals surface area contributed by atoms with E-state index < -0.39 is 0 Å². The molecule has 0 rings (SSSR count). The fraction of sp³-hybridized carbons (Fsp3) is 0.500. The van der Waals surface area contributed by atoms with Crippen molar-refractivity contribution in [1.82, 2.24) is 4.90 Å². The first-order chi connectivity index (χ1) is 5.29. The van der Waals surface area contributed by atoms with Crippen LogP contribution in [-0.2, 0) is 0 Å². The highest BCUT2D eigenvalue weighted by atomic mass is 15.1. The maximum atomic E-state index is 5.32. The Morgan fingerprint density at radius 1 is 1.55 bits per heavy atom. The van der Waals surface area contributed by atoms with Gasteiger partial charge < -0.3 is 0 Å². The molecule has 0 aliphatic carbocycles. The van der Waals surface area contributed by atoms with E-state index in [4.69, 9.17) is 6.42 Å². The van der Waals surface area contributed by atoms with Gasteiger partial charge >= 0.3 is 0 Å². The summed E-state index contributed by atoms with van der Waals surface area (Å²) in [4.78, 5) is 2.16. The van der Waals surface area contributed by atoms with Crippen LogP contribution in [0.3, 0.4) is 0 Å². The minimum Gasteiger partial charge on any atom is -0.287 e. The number of hydrogen-bond acceptors (Lipinski definition) is 1. The molecule has 0 aromatic carbocycles. The lowest BCUT2D eigenvalue weighted by molar-refractivity contribution is 0.295. The fourth-order valence-corrected chi connectivity index (χ4v) is 0.988. The lowest BCUT2D eigenvalue weighted by atomic mass is 10.2. The highest BCUT2D eigenvalue weighted by Crippen LogP contribution is 1.97. The maximum absolute atomic E-state index is 5.32. The molecule has 0 spiro atoms. The summed E-state index contributed by atoms with van der Waals surface area (Å²) >= 11 is 0. The molecular weight excluding hydrogens is 134 g/mol. The molecule has 0 aliphatic heterocycles. The molecule has 1 unspecified atom stereocenters. The van der Waals surface area contributed by atoms with E-state index in [1.165, 1.54) is 0 Å². The number of nitrogens with zero attached hydrogens (tertiary/aromatic N) is 1. The first-order valence-electron chi connectivity index (χ1n) is 3.86. The van der Waals surface area contributed by atoms with Crippen LogP contribution < -0.4 is 0 Å². The lowest BCUT2D eigenvalue weighted by Crippen LogP contribution is -2.32. The van der Waals surface area contributed by atoms with Crippen molar-refractivity contribution in [2.75, 3.05) is 13.1 Å². The van der Waals surface area contributed by atoms with Crippen LogP contribution in [0.5, 0.6) is 0 Å². The van der Waals surface area contributed by atoms with Crippen LogP contribution in [0.2, 0.25) is 0 Å². The zero-order valence-electron chi connectivity index (χ0n) is 7.30. The van der Waals surface area contributed by atoms with E-state index in [0.717, 1.165) is 13.1 Å². The van der Waals surface area contributed by atoms with Gasteiger partial charge in [0.1, 0.15) is 0 Å². The second-order valence-electron chi connectivity index (χ2n) is 2.20. The summed E-state index contributed by atoms with van der Waals surface area (Å²) < 4.78 is 0. The van der Waals surface area contributed by atoms with Gasteiger partial charge in [0, 0.05) is 0 Å². The Morgan fingerprint density at radius 3 is 2.36 bits per heavy atom. The normalized spacial score (nSPS) is 11.8. The molecule has 0 saturated carbocycles. The molecule has 1 nitrogen and oxygen atoms in total. The Morgan fingerprint density at radius 2 is 2.09 bits per heavy atom. The van der Waals surface area contributed by atoms with Crippen molar-refractivity contribution in [3.8, 4) is 12.3 Å². The lowest BCUT2D eigenvalue weighted by Gasteiger charge is -2.21. The van der Waals surface area contributed by atoms with Crippen LogP contribution in [-0.4, -0.2) is 24.0 Å². The number of terminal acetylenes is 1. The molecule has 0 heterocycles. The van der Waals surface area contributed by atoms with Crippen LogP contribution >= 0.6 is 0 Å². The molecule has 60 valence electrons. The van der Waals surface area contributed by atoms with E-state index in [1.54, 1.807) is 0 Å². The summed E-state index contributed by atoms with van der Waals surface area (Å²) in [6.07, 6.45) is 7.13. The van der Waals surface area contributed by atoms with Crippen molar-refractivity contribution in [2.45, 2.75) is 19.9 Å². The van der Waals surface area contributed by atoms with Crippen LogP contribution in [0.15, 0.2) is 18.4 Å². The van der Waals surface area contributed by atoms with Crippen molar-refractivity contribution in [3.63, 3.8) is 0 Å². The van der Waals surface area contributed by atoms with Gasteiger partial charge in [0.05, 0.1) is 6.04 Å². The Balaban J connectivity index is 4.23. The van der Waals surface area contributed by atoms with Crippen molar-refractivity contribution in [1.29, 1.82) is 0 Å². The fourth-order valence-electron chi connectivity index (χ4n) is 0.988. The van der Waals surface area contributed by atoms with Gasteiger partial charge in [0.15, 0.2) is 0 Å². The summed E-state index contributed by atoms with van der Waals surface area (Å²) in [5.41, 5.74) is 2.71. The smallest absolute Gasteiger partial charge is 0.0972 e. The third-order valence-electron chi connectivity index (χ3n) is 1.65. The molecule has 0 aliphatic rings. The average Bonchev–Trinajstić information content (AvgIpc) is 2.05. The van der Waals surface area contributed by atoms with Crippen molar-refractivity contribution in [2.24, 2.45) is 0 Å². The summed E-state index contributed by atoms with van der Waals surface area (Å²) in [7, 11) is 0. The molecule has 1 heteroatoms. The number of rotatable bonds is 4. The summed E-state index contributed by atoms with van der Waals surface area (Å²) in [6.45, 7) is 9.60.